The maximum absolute atomic E-state index is 6.68. The molecule has 0 amide bonds. The summed E-state index contributed by atoms with van der Waals surface area (Å²) >= 11 is 7.64. The first-order valence-electron chi connectivity index (χ1n) is 6.29. The minimum Gasteiger partial charge on any atom is -0.321 e. The molecule has 0 saturated heterocycles. The number of hydrogen-bond acceptors (Lipinski definition) is 2. The van der Waals surface area contributed by atoms with E-state index < -0.39 is 0 Å². The van der Waals surface area contributed by atoms with Crippen LogP contribution in [0.15, 0.2) is 36.4 Å². The van der Waals surface area contributed by atoms with E-state index in [2.05, 4.69) is 30.3 Å². The first kappa shape index (κ1) is 12.2. The van der Waals surface area contributed by atoms with Crippen molar-refractivity contribution in [3.63, 3.8) is 0 Å². The second-order valence-corrected chi connectivity index (χ2v) is 6.85. The molecule has 1 heterocycles. The predicted molar refractivity (Wildman–Crippen MR) is 78.3 cm³/mol. The maximum Gasteiger partial charge on any atom is 0.0931 e. The van der Waals surface area contributed by atoms with Crippen molar-refractivity contribution in [2.24, 2.45) is 5.73 Å². The molecule has 2 N–H and O–H groups in total. The van der Waals surface area contributed by atoms with E-state index in [0.29, 0.717) is 0 Å². The van der Waals surface area contributed by atoms with Crippen LogP contribution in [-0.4, -0.2) is 0 Å². The number of halogens is 1. The van der Waals surface area contributed by atoms with Crippen LogP contribution in [0.1, 0.15) is 28.8 Å². The van der Waals surface area contributed by atoms with Crippen LogP contribution in [0.2, 0.25) is 4.34 Å². The Kier molecular flexibility index (Phi) is 3.18. The van der Waals surface area contributed by atoms with Crippen LogP contribution in [0.5, 0.6) is 0 Å². The largest absolute Gasteiger partial charge is 0.321 e. The average Bonchev–Trinajstić information content (AvgIpc) is 2.75. The van der Waals surface area contributed by atoms with Gasteiger partial charge in [0.05, 0.1) is 4.34 Å². The molecule has 1 atom stereocenters. The zero-order valence-corrected chi connectivity index (χ0v) is 11.7. The number of thiophene rings is 1. The summed E-state index contributed by atoms with van der Waals surface area (Å²) in [4.78, 5) is 1.28. The first-order chi connectivity index (χ1) is 8.67. The van der Waals surface area contributed by atoms with Crippen LogP contribution < -0.4 is 5.73 Å². The molecule has 3 heteroatoms. The number of hydrogen-bond donors (Lipinski definition) is 1. The highest BCUT2D eigenvalue weighted by Gasteiger charge is 2.32. The van der Waals surface area contributed by atoms with Gasteiger partial charge in [-0.2, -0.15) is 0 Å². The molecule has 1 aromatic heterocycles. The molecule has 18 heavy (non-hydrogen) atoms. The summed E-state index contributed by atoms with van der Waals surface area (Å²) in [5.74, 6) is 0. The van der Waals surface area contributed by atoms with Crippen LogP contribution in [0.3, 0.4) is 0 Å². The van der Waals surface area contributed by atoms with Crippen molar-refractivity contribution in [2.75, 3.05) is 0 Å². The number of benzene rings is 1. The summed E-state index contributed by atoms with van der Waals surface area (Å²) in [5, 5.41) is 0. The van der Waals surface area contributed by atoms with Gasteiger partial charge in [-0.1, -0.05) is 35.9 Å². The summed E-state index contributed by atoms with van der Waals surface area (Å²) in [5.41, 5.74) is 9.19. The van der Waals surface area contributed by atoms with Crippen LogP contribution >= 0.6 is 22.9 Å². The highest BCUT2D eigenvalue weighted by molar-refractivity contribution is 7.16. The van der Waals surface area contributed by atoms with Crippen molar-refractivity contribution in [2.45, 2.75) is 31.2 Å². The zero-order chi connectivity index (χ0) is 12.6. The van der Waals surface area contributed by atoms with E-state index >= 15 is 0 Å². The van der Waals surface area contributed by atoms with Gasteiger partial charge in [-0.15, -0.1) is 11.3 Å². The lowest BCUT2D eigenvalue weighted by Gasteiger charge is -2.35. The summed E-state index contributed by atoms with van der Waals surface area (Å²) in [6, 6.07) is 12.6. The van der Waals surface area contributed by atoms with Crippen molar-refractivity contribution in [1.82, 2.24) is 0 Å². The standard InChI is InChI=1S/C15H16ClNS/c16-14-8-7-12(18-14)10-15(17)9-3-5-11-4-1-2-6-13(11)15/h1-2,4,6-8H,3,5,9-10,17H2. The fourth-order valence-electron chi connectivity index (χ4n) is 2.89. The highest BCUT2D eigenvalue weighted by Crippen LogP contribution is 2.37. The Balaban J connectivity index is 1.95. The molecule has 0 saturated carbocycles. The second kappa shape index (κ2) is 4.69. The SMILES string of the molecule is NC1(Cc2ccc(Cl)s2)CCCc2ccccc21. The third-order valence-electron chi connectivity index (χ3n) is 3.74. The number of rotatable bonds is 2. The topological polar surface area (TPSA) is 26.0 Å². The molecule has 0 aliphatic heterocycles. The number of fused-ring (bicyclic) bond motifs is 1. The molecule has 1 aliphatic rings. The third kappa shape index (κ3) is 2.20. The Labute approximate surface area is 117 Å². The molecule has 1 aromatic carbocycles. The van der Waals surface area contributed by atoms with Crippen molar-refractivity contribution in [1.29, 1.82) is 0 Å². The van der Waals surface area contributed by atoms with E-state index in [1.807, 2.05) is 6.07 Å². The van der Waals surface area contributed by atoms with Gasteiger partial charge in [0.1, 0.15) is 0 Å². The van der Waals surface area contributed by atoms with Crippen molar-refractivity contribution >= 4 is 22.9 Å². The molecule has 1 aliphatic carbocycles. The van der Waals surface area contributed by atoms with Crippen LogP contribution in [0, 0.1) is 0 Å². The monoisotopic (exact) mass is 277 g/mol. The minimum absolute atomic E-state index is 0.219. The van der Waals surface area contributed by atoms with Gasteiger partial charge in [-0.05, 0) is 42.5 Å². The van der Waals surface area contributed by atoms with Crippen LogP contribution in [-0.2, 0) is 18.4 Å². The van der Waals surface area contributed by atoms with Crippen molar-refractivity contribution < 1.29 is 0 Å². The van der Waals surface area contributed by atoms with E-state index in [9.17, 15) is 0 Å². The lowest BCUT2D eigenvalue weighted by atomic mass is 9.75. The molecular formula is C15H16ClNS. The molecule has 0 bridgehead atoms. The average molecular weight is 278 g/mol. The molecule has 1 unspecified atom stereocenters. The summed E-state index contributed by atoms with van der Waals surface area (Å²) < 4.78 is 0.845. The molecule has 0 fully saturated rings. The van der Waals surface area contributed by atoms with E-state index in [1.165, 1.54) is 22.4 Å². The highest BCUT2D eigenvalue weighted by atomic mass is 35.5. The molecule has 3 rings (SSSR count). The van der Waals surface area contributed by atoms with E-state index in [1.54, 1.807) is 11.3 Å². The lowest BCUT2D eigenvalue weighted by Crippen LogP contribution is -2.41. The van der Waals surface area contributed by atoms with E-state index in [-0.39, 0.29) is 5.54 Å². The molecule has 1 nitrogen and oxygen atoms in total. The lowest BCUT2D eigenvalue weighted by molar-refractivity contribution is 0.372. The third-order valence-corrected chi connectivity index (χ3v) is 4.97. The van der Waals surface area contributed by atoms with Gasteiger partial charge in [0, 0.05) is 16.8 Å². The van der Waals surface area contributed by atoms with Gasteiger partial charge >= 0.3 is 0 Å². The molecule has 0 radical (unpaired) electrons. The molecule has 94 valence electrons. The normalized spacial score (nSPS) is 22.8. The van der Waals surface area contributed by atoms with Crippen molar-refractivity contribution in [3.05, 3.63) is 56.7 Å². The Morgan fingerprint density at radius 2 is 2.06 bits per heavy atom. The first-order valence-corrected chi connectivity index (χ1v) is 7.48. The summed E-state index contributed by atoms with van der Waals surface area (Å²) in [6.45, 7) is 0. The van der Waals surface area contributed by atoms with Crippen LogP contribution in [0.25, 0.3) is 0 Å². The smallest absolute Gasteiger partial charge is 0.0931 e. The number of aryl methyl sites for hydroxylation is 1. The summed E-state index contributed by atoms with van der Waals surface area (Å²) in [7, 11) is 0. The Morgan fingerprint density at radius 1 is 1.22 bits per heavy atom. The quantitative estimate of drug-likeness (QED) is 0.877. The van der Waals surface area contributed by atoms with Gasteiger partial charge in [0.25, 0.3) is 0 Å². The minimum atomic E-state index is -0.219. The second-order valence-electron chi connectivity index (χ2n) is 5.05. The van der Waals surface area contributed by atoms with E-state index in [0.717, 1.165) is 23.6 Å². The van der Waals surface area contributed by atoms with Gasteiger partial charge < -0.3 is 5.73 Å². The zero-order valence-electron chi connectivity index (χ0n) is 10.2. The molecular weight excluding hydrogens is 262 g/mol. The number of nitrogens with two attached hydrogens (primary N) is 1. The fourth-order valence-corrected chi connectivity index (χ4v) is 4.11. The fraction of sp³-hybridized carbons (Fsp3) is 0.333. The Hall–Kier alpha value is -0.830. The van der Waals surface area contributed by atoms with Gasteiger partial charge in [-0.25, -0.2) is 0 Å². The van der Waals surface area contributed by atoms with Crippen molar-refractivity contribution in [3.8, 4) is 0 Å². The van der Waals surface area contributed by atoms with Gasteiger partial charge in [0.2, 0.25) is 0 Å². The van der Waals surface area contributed by atoms with Gasteiger partial charge in [0.15, 0.2) is 0 Å². The summed E-state index contributed by atoms with van der Waals surface area (Å²) in [6.07, 6.45) is 4.27. The van der Waals surface area contributed by atoms with Gasteiger partial charge in [-0.3, -0.25) is 0 Å². The van der Waals surface area contributed by atoms with Crippen LogP contribution in [0.4, 0.5) is 0 Å². The Morgan fingerprint density at radius 3 is 2.83 bits per heavy atom. The Bertz CT molecular complexity index is 563. The van der Waals surface area contributed by atoms with E-state index in [4.69, 9.17) is 17.3 Å². The molecule has 0 spiro atoms. The maximum atomic E-state index is 6.68. The predicted octanol–water partition coefficient (Wildman–Crippen LogP) is 4.13. The molecule has 2 aromatic rings.